The van der Waals surface area contributed by atoms with E-state index in [1.165, 1.54) is 23.1 Å². The van der Waals surface area contributed by atoms with Crippen LogP contribution in [0.3, 0.4) is 0 Å². The highest BCUT2D eigenvalue weighted by molar-refractivity contribution is 5.45. The summed E-state index contributed by atoms with van der Waals surface area (Å²) in [6.45, 7) is 8.16. The number of allylic oxidation sites excluding steroid dienone is 1. The predicted molar refractivity (Wildman–Crippen MR) is 63.2 cm³/mol. The first kappa shape index (κ1) is 10.3. The van der Waals surface area contributed by atoms with E-state index in [2.05, 4.69) is 19.6 Å². The molecule has 2 rings (SSSR count). The zero-order valence-corrected chi connectivity index (χ0v) is 9.51. The fourth-order valence-corrected chi connectivity index (χ4v) is 2.42. The molecule has 0 aliphatic heterocycles. The summed E-state index contributed by atoms with van der Waals surface area (Å²) < 4.78 is 0. The minimum atomic E-state index is 0.427. The number of hydrogen-bond acceptors (Lipinski definition) is 1. The Bertz CT molecular complexity index is 404. The lowest BCUT2D eigenvalue weighted by Crippen LogP contribution is -2.16. The van der Waals surface area contributed by atoms with E-state index >= 15 is 0 Å². The third-order valence-electron chi connectivity index (χ3n) is 3.58. The van der Waals surface area contributed by atoms with Gasteiger partial charge in [-0.05, 0) is 61.8 Å². The molecule has 0 spiro atoms. The van der Waals surface area contributed by atoms with Gasteiger partial charge in [-0.15, -0.1) is 0 Å². The summed E-state index contributed by atoms with van der Waals surface area (Å²) in [7, 11) is 0. The van der Waals surface area contributed by atoms with E-state index < -0.39 is 0 Å². The molecular weight excluding hydrogens is 184 g/mol. The third kappa shape index (κ3) is 1.79. The van der Waals surface area contributed by atoms with Gasteiger partial charge < -0.3 is 5.11 Å². The van der Waals surface area contributed by atoms with Crippen molar-refractivity contribution in [1.82, 2.24) is 0 Å². The number of aryl methyl sites for hydroxylation is 1. The third-order valence-corrected chi connectivity index (χ3v) is 3.58. The fourth-order valence-electron chi connectivity index (χ4n) is 2.42. The van der Waals surface area contributed by atoms with Crippen LogP contribution in [0.5, 0.6) is 5.75 Å². The topological polar surface area (TPSA) is 20.2 Å². The zero-order chi connectivity index (χ0) is 11.0. The molecule has 1 aromatic rings. The molecule has 1 aliphatic rings. The lowest BCUT2D eigenvalue weighted by Gasteiger charge is -2.26. The van der Waals surface area contributed by atoms with E-state index in [1.807, 2.05) is 13.0 Å². The molecule has 1 N–H and O–H groups in total. The molecule has 1 heteroatoms. The van der Waals surface area contributed by atoms with Gasteiger partial charge >= 0.3 is 0 Å². The lowest BCUT2D eigenvalue weighted by atomic mass is 9.79. The zero-order valence-electron chi connectivity index (χ0n) is 9.51. The lowest BCUT2D eigenvalue weighted by molar-refractivity contribution is 0.464. The highest BCUT2D eigenvalue weighted by Gasteiger charge is 2.21. The van der Waals surface area contributed by atoms with Gasteiger partial charge in [-0.25, -0.2) is 0 Å². The largest absolute Gasteiger partial charge is 0.508 e. The minimum absolute atomic E-state index is 0.427. The van der Waals surface area contributed by atoms with Crippen molar-refractivity contribution < 1.29 is 5.11 Å². The Labute approximate surface area is 91.4 Å². The Hall–Kier alpha value is -1.24. The van der Waals surface area contributed by atoms with Gasteiger partial charge in [0.1, 0.15) is 5.75 Å². The highest BCUT2D eigenvalue weighted by Crippen LogP contribution is 2.34. The average Bonchev–Trinajstić information content (AvgIpc) is 2.23. The van der Waals surface area contributed by atoms with Crippen molar-refractivity contribution in [1.29, 1.82) is 0 Å². The summed E-state index contributed by atoms with van der Waals surface area (Å²) >= 11 is 0. The number of fused-ring (bicyclic) bond motifs is 1. The van der Waals surface area contributed by atoms with Gasteiger partial charge in [0.25, 0.3) is 0 Å². The summed E-state index contributed by atoms with van der Waals surface area (Å²) in [6, 6.07) is 3.88. The molecule has 0 bridgehead atoms. The van der Waals surface area contributed by atoms with E-state index in [9.17, 15) is 5.11 Å². The van der Waals surface area contributed by atoms with Crippen LogP contribution in [0.4, 0.5) is 0 Å². The van der Waals surface area contributed by atoms with Crippen LogP contribution >= 0.6 is 0 Å². The molecule has 1 aliphatic carbocycles. The van der Waals surface area contributed by atoms with Gasteiger partial charge in [0.15, 0.2) is 0 Å². The van der Waals surface area contributed by atoms with E-state index in [1.54, 1.807) is 0 Å². The Morgan fingerprint density at radius 1 is 1.47 bits per heavy atom. The van der Waals surface area contributed by atoms with Crippen molar-refractivity contribution in [2.45, 2.75) is 33.1 Å². The number of rotatable bonds is 1. The molecule has 15 heavy (non-hydrogen) atoms. The molecule has 0 saturated heterocycles. The summed E-state index contributed by atoms with van der Waals surface area (Å²) in [5.74, 6) is 1.02. The first-order valence-electron chi connectivity index (χ1n) is 5.55. The van der Waals surface area contributed by atoms with Crippen molar-refractivity contribution in [3.63, 3.8) is 0 Å². The van der Waals surface area contributed by atoms with Gasteiger partial charge in [-0.2, -0.15) is 0 Å². The van der Waals surface area contributed by atoms with Gasteiger partial charge in [-0.1, -0.05) is 18.2 Å². The molecule has 0 unspecified atom stereocenters. The van der Waals surface area contributed by atoms with Crippen LogP contribution in [0.1, 0.15) is 30.0 Å². The second kappa shape index (κ2) is 3.73. The number of phenolic OH excluding ortho intramolecular Hbond substituents is 1. The van der Waals surface area contributed by atoms with Crippen LogP contribution in [0, 0.1) is 12.8 Å². The van der Waals surface area contributed by atoms with Gasteiger partial charge in [0.05, 0.1) is 0 Å². The predicted octanol–water partition coefficient (Wildman–Crippen LogP) is 3.38. The quantitative estimate of drug-likeness (QED) is 0.692. The van der Waals surface area contributed by atoms with Crippen LogP contribution < -0.4 is 0 Å². The van der Waals surface area contributed by atoms with Crippen molar-refractivity contribution in [2.75, 3.05) is 0 Å². The maximum absolute atomic E-state index is 9.68. The second-order valence-corrected chi connectivity index (χ2v) is 4.63. The fraction of sp³-hybridized carbons (Fsp3) is 0.429. The smallest absolute Gasteiger partial charge is 0.118 e. The Kier molecular flexibility index (Phi) is 2.56. The van der Waals surface area contributed by atoms with Crippen LogP contribution in [-0.2, 0) is 12.8 Å². The molecule has 0 radical (unpaired) electrons. The molecule has 0 heterocycles. The SMILES string of the molecule is C=C(C)[C@H]1CCc2ccc(O)c(C)c2C1. The monoisotopic (exact) mass is 202 g/mol. The van der Waals surface area contributed by atoms with Crippen LogP contribution in [0.2, 0.25) is 0 Å². The van der Waals surface area contributed by atoms with Gasteiger partial charge in [0, 0.05) is 0 Å². The second-order valence-electron chi connectivity index (χ2n) is 4.63. The first-order chi connectivity index (χ1) is 7.09. The Morgan fingerprint density at radius 3 is 2.87 bits per heavy atom. The number of phenols is 1. The minimum Gasteiger partial charge on any atom is -0.508 e. The molecule has 1 atom stereocenters. The van der Waals surface area contributed by atoms with Crippen molar-refractivity contribution >= 4 is 0 Å². The summed E-state index contributed by atoms with van der Waals surface area (Å²) in [6.07, 6.45) is 3.37. The van der Waals surface area contributed by atoms with Crippen molar-refractivity contribution in [2.24, 2.45) is 5.92 Å². The standard InChI is InChI=1S/C14H18O/c1-9(2)12-5-4-11-6-7-14(15)10(3)13(11)8-12/h6-7,12,15H,1,4-5,8H2,2-3H3/t12-/m0/s1. The molecule has 1 aromatic carbocycles. The molecule has 0 saturated carbocycles. The normalized spacial score (nSPS) is 19.7. The van der Waals surface area contributed by atoms with Crippen LogP contribution in [-0.4, -0.2) is 5.11 Å². The molecule has 0 fully saturated rings. The number of aromatic hydroxyl groups is 1. The Morgan fingerprint density at radius 2 is 2.20 bits per heavy atom. The van der Waals surface area contributed by atoms with E-state index in [4.69, 9.17) is 0 Å². The maximum Gasteiger partial charge on any atom is 0.118 e. The van der Waals surface area contributed by atoms with Gasteiger partial charge in [-0.3, -0.25) is 0 Å². The number of benzene rings is 1. The van der Waals surface area contributed by atoms with Crippen LogP contribution in [0.25, 0.3) is 0 Å². The molecule has 0 aromatic heterocycles. The summed E-state index contributed by atoms with van der Waals surface area (Å²) in [4.78, 5) is 0. The van der Waals surface area contributed by atoms with E-state index in [0.717, 1.165) is 18.4 Å². The molecular formula is C14H18O. The van der Waals surface area contributed by atoms with Gasteiger partial charge in [0.2, 0.25) is 0 Å². The van der Waals surface area contributed by atoms with E-state index in [0.29, 0.717) is 11.7 Å². The first-order valence-corrected chi connectivity index (χ1v) is 5.55. The average molecular weight is 202 g/mol. The number of hydrogen-bond donors (Lipinski definition) is 1. The molecule has 80 valence electrons. The van der Waals surface area contributed by atoms with E-state index in [-0.39, 0.29) is 0 Å². The van der Waals surface area contributed by atoms with Crippen LogP contribution in [0.15, 0.2) is 24.3 Å². The molecule has 1 nitrogen and oxygen atoms in total. The van der Waals surface area contributed by atoms with Crippen molar-refractivity contribution in [3.8, 4) is 5.75 Å². The highest BCUT2D eigenvalue weighted by atomic mass is 16.3. The van der Waals surface area contributed by atoms with Crippen molar-refractivity contribution in [3.05, 3.63) is 41.0 Å². The summed E-state index contributed by atoms with van der Waals surface area (Å²) in [5.41, 5.74) is 5.07. The molecule has 0 amide bonds. The maximum atomic E-state index is 9.68. The summed E-state index contributed by atoms with van der Waals surface area (Å²) in [5, 5.41) is 9.68. The Balaban J connectivity index is 2.39.